The normalized spacial score (nSPS) is 37.5. The number of hydrogen-bond donors (Lipinski definition) is 0. The fraction of sp³-hybridized carbons (Fsp3) is 0.797. The van der Waals surface area contributed by atoms with Gasteiger partial charge in [0.2, 0.25) is 0 Å². The van der Waals surface area contributed by atoms with Gasteiger partial charge in [0.15, 0.2) is 0 Å². The Balaban J connectivity index is 0.000000138. The molecule has 0 aromatic rings. The zero-order valence-electron chi connectivity index (χ0n) is 54.8. The number of rotatable bonds is 14. The highest BCUT2D eigenvalue weighted by Crippen LogP contribution is 2.71. The Morgan fingerprint density at radius 2 is 0.905 bits per heavy atom. The Bertz CT molecular complexity index is 2430. The maximum atomic E-state index is 12.1. The van der Waals surface area contributed by atoms with Crippen LogP contribution in [0.15, 0.2) is 60.8 Å². The number of carbonyl (C=O) groups is 5. The van der Waals surface area contributed by atoms with Crippen LogP contribution in [0.25, 0.3) is 0 Å². The summed E-state index contributed by atoms with van der Waals surface area (Å²) in [5.74, 6) is 10.3. The van der Waals surface area contributed by atoms with Crippen molar-refractivity contribution in [1.82, 2.24) is 0 Å². The molecule has 14 rings (SSSR count). The number of carbonyl (C=O) groups excluding carboxylic acids is 5. The highest BCUT2D eigenvalue weighted by molar-refractivity contribution is 5.89. The highest BCUT2D eigenvalue weighted by Gasteiger charge is 2.68. The average Bonchev–Trinajstić information content (AvgIpc) is 1.46. The third-order valence-electron chi connectivity index (χ3n) is 24.6. The molecule has 14 aliphatic rings. The first-order valence-electron chi connectivity index (χ1n) is 33.9. The number of ether oxygens (including phenoxy) is 5. The smallest absolute Gasteiger partial charge is 0.333 e. The van der Waals surface area contributed by atoms with Gasteiger partial charge >= 0.3 is 29.8 Å². The number of fused-ring (bicyclic) bond motifs is 9. The Kier molecular flexibility index (Phi) is 20.4. The minimum absolute atomic E-state index is 0.160. The summed E-state index contributed by atoms with van der Waals surface area (Å²) in [7, 11) is 0. The predicted octanol–water partition coefficient (Wildman–Crippen LogP) is 17.7. The monoisotopic (exact) mass is 1160 g/mol. The third-order valence-corrected chi connectivity index (χ3v) is 24.6. The molecule has 0 amide bonds. The summed E-state index contributed by atoms with van der Waals surface area (Å²) in [6.07, 6.45) is 33.3. The van der Waals surface area contributed by atoms with Gasteiger partial charge in [0.25, 0.3) is 0 Å². The van der Waals surface area contributed by atoms with Crippen molar-refractivity contribution >= 4 is 29.8 Å². The van der Waals surface area contributed by atoms with Crippen LogP contribution < -0.4 is 0 Å². The lowest BCUT2D eigenvalue weighted by Gasteiger charge is -2.61. The molecule has 14 fully saturated rings. The molecular weight excluding hydrogens is 1050 g/mol. The molecule has 12 bridgehead atoms. The van der Waals surface area contributed by atoms with E-state index in [9.17, 15) is 24.0 Å². The van der Waals surface area contributed by atoms with Crippen LogP contribution in [0.5, 0.6) is 0 Å². The summed E-state index contributed by atoms with van der Waals surface area (Å²) in [5.41, 5.74) is 1.70. The molecule has 84 heavy (non-hydrogen) atoms. The number of esters is 5. The minimum atomic E-state index is -0.348. The highest BCUT2D eigenvalue weighted by atomic mass is 16.6. The molecule has 10 heteroatoms. The summed E-state index contributed by atoms with van der Waals surface area (Å²) >= 11 is 0. The van der Waals surface area contributed by atoms with E-state index < -0.39 is 0 Å². The molecule has 0 aliphatic heterocycles. The SMILES string of the molecule is C=C(C)C(=O)OC(C)(C)C12CC3CC(CC(C3)C1)C2.C=C(C)C(=O)OC1(C(C)C)CCCC1.C=C(C)C(=O)OC1(C)CCCCC1.C=C(C)C(=O)OC1(CC)C2CC3CC(C2)CC1C3.C=C(C)C(=O)OC1(CC)CC2CC1C1C3CCC(C3)C21. The molecule has 0 spiro atoms. The van der Waals surface area contributed by atoms with Crippen LogP contribution in [0.2, 0.25) is 0 Å². The van der Waals surface area contributed by atoms with Crippen molar-refractivity contribution in [2.45, 2.75) is 284 Å². The minimum Gasteiger partial charge on any atom is -0.456 e. The van der Waals surface area contributed by atoms with Crippen LogP contribution >= 0.6 is 0 Å². The first-order valence-corrected chi connectivity index (χ1v) is 33.9. The van der Waals surface area contributed by atoms with Crippen molar-refractivity contribution in [3.05, 3.63) is 60.8 Å². The summed E-state index contributed by atoms with van der Waals surface area (Å²) in [6, 6.07) is 0. The molecule has 7 unspecified atom stereocenters. The first-order chi connectivity index (χ1) is 39.4. The summed E-state index contributed by atoms with van der Waals surface area (Å²) in [4.78, 5) is 58.8. The van der Waals surface area contributed by atoms with Gasteiger partial charge in [0, 0.05) is 39.2 Å². The molecule has 0 N–H and O–H groups in total. The summed E-state index contributed by atoms with van der Waals surface area (Å²) in [5, 5.41) is 0. The molecule has 470 valence electrons. The van der Waals surface area contributed by atoms with Crippen molar-refractivity contribution in [3.63, 3.8) is 0 Å². The molecule has 0 aromatic carbocycles. The van der Waals surface area contributed by atoms with E-state index in [0.717, 1.165) is 104 Å². The predicted molar refractivity (Wildman–Crippen MR) is 334 cm³/mol. The van der Waals surface area contributed by atoms with E-state index >= 15 is 0 Å². The van der Waals surface area contributed by atoms with Crippen LogP contribution in [0.4, 0.5) is 0 Å². The lowest BCUT2D eigenvalue weighted by Crippen LogP contribution is -2.59. The van der Waals surface area contributed by atoms with Gasteiger partial charge in [-0.05, 0) is 299 Å². The van der Waals surface area contributed by atoms with Crippen molar-refractivity contribution in [2.75, 3.05) is 0 Å². The molecule has 7 atom stereocenters. The second-order valence-corrected chi connectivity index (χ2v) is 31.3. The molecule has 0 saturated heterocycles. The van der Waals surface area contributed by atoms with E-state index in [1.807, 2.05) is 6.92 Å². The Hall–Kier alpha value is -3.95. The summed E-state index contributed by atoms with van der Waals surface area (Å²) < 4.78 is 28.8. The molecule has 14 aliphatic carbocycles. The van der Waals surface area contributed by atoms with Crippen molar-refractivity contribution in [1.29, 1.82) is 0 Å². The largest absolute Gasteiger partial charge is 0.456 e. The van der Waals surface area contributed by atoms with Crippen molar-refractivity contribution in [3.8, 4) is 0 Å². The van der Waals surface area contributed by atoms with Gasteiger partial charge in [-0.2, -0.15) is 0 Å². The maximum Gasteiger partial charge on any atom is 0.333 e. The third kappa shape index (κ3) is 13.7. The first kappa shape index (κ1) is 66.0. The van der Waals surface area contributed by atoms with Crippen molar-refractivity contribution < 1.29 is 47.7 Å². The van der Waals surface area contributed by atoms with Gasteiger partial charge in [-0.3, -0.25) is 0 Å². The van der Waals surface area contributed by atoms with Gasteiger partial charge in [-0.1, -0.05) is 67.0 Å². The van der Waals surface area contributed by atoms with Gasteiger partial charge in [-0.15, -0.1) is 0 Å². The fourth-order valence-electron chi connectivity index (χ4n) is 20.7. The van der Waals surface area contributed by atoms with Crippen LogP contribution in [0, 0.1) is 88.3 Å². The van der Waals surface area contributed by atoms with Gasteiger partial charge in [-0.25, -0.2) is 24.0 Å². The standard InChI is InChI=1S/C18H26O2.C17H26O2.C16H24O2.C12H20O2.C11H18O2/c1-4-18(20-17(19)10(2)3)9-13-8-14(18)16-12-6-5-11(7-12)15(13)16;1-11(2)15(18)19-16(3,4)17-8-12-5-13(9-17)7-14(6-12)10-17;1-4-16(18-15(17)10(2)3)13-6-11-5-12(8-13)9-14(16)7-11;1-9(2)11(13)14-12(10(3)4)7-5-6-8-12;1-9(2)10(12)13-11(3)7-5-4-6-8-11/h11-16H,2,4-9H2,1,3H3;12-14H,1,5-10H2,2-4H3;11-14H,2,4-9H2,1,3H3;10H,1,5-8H2,2-4H3;1,4-8H2,2-3H3. The van der Waals surface area contributed by atoms with Crippen LogP contribution in [0.3, 0.4) is 0 Å². The fourth-order valence-corrected chi connectivity index (χ4v) is 20.7. The van der Waals surface area contributed by atoms with Crippen LogP contribution in [-0.4, -0.2) is 57.9 Å². The molecule has 10 nitrogen and oxygen atoms in total. The van der Waals surface area contributed by atoms with E-state index in [1.54, 1.807) is 34.6 Å². The molecule has 0 heterocycles. The van der Waals surface area contributed by atoms with Crippen LogP contribution in [-0.2, 0) is 47.7 Å². The molecule has 14 saturated carbocycles. The molecular formula is C74H114O10. The van der Waals surface area contributed by atoms with E-state index in [-0.39, 0.29) is 63.3 Å². The van der Waals surface area contributed by atoms with Gasteiger partial charge < -0.3 is 23.7 Å². The maximum absolute atomic E-state index is 12.1. The Morgan fingerprint density at radius 3 is 1.36 bits per heavy atom. The molecule has 0 aromatic heterocycles. The number of hydrogen-bond acceptors (Lipinski definition) is 10. The van der Waals surface area contributed by atoms with Crippen LogP contribution in [0.1, 0.15) is 256 Å². The van der Waals surface area contributed by atoms with E-state index in [0.29, 0.717) is 51.5 Å². The Morgan fingerprint density at radius 1 is 0.476 bits per heavy atom. The molecule has 0 radical (unpaired) electrons. The zero-order chi connectivity index (χ0) is 61.5. The Labute approximate surface area is 508 Å². The van der Waals surface area contributed by atoms with E-state index in [2.05, 4.69) is 74.4 Å². The van der Waals surface area contributed by atoms with Crippen molar-refractivity contribution in [2.24, 2.45) is 88.3 Å². The quantitative estimate of drug-likeness (QED) is 0.0717. The average molecular weight is 1160 g/mol. The summed E-state index contributed by atoms with van der Waals surface area (Å²) in [6.45, 7) is 41.9. The lowest BCUT2D eigenvalue weighted by molar-refractivity contribution is -0.207. The van der Waals surface area contributed by atoms with E-state index in [1.165, 1.54) is 128 Å². The topological polar surface area (TPSA) is 132 Å². The zero-order valence-corrected chi connectivity index (χ0v) is 54.8. The van der Waals surface area contributed by atoms with Gasteiger partial charge in [0.1, 0.15) is 28.0 Å². The second kappa shape index (κ2) is 26.0. The van der Waals surface area contributed by atoms with E-state index in [4.69, 9.17) is 23.7 Å². The lowest BCUT2D eigenvalue weighted by atomic mass is 9.46. The second-order valence-electron chi connectivity index (χ2n) is 31.3. The van der Waals surface area contributed by atoms with Gasteiger partial charge in [0.05, 0.1) is 0 Å².